The summed E-state index contributed by atoms with van der Waals surface area (Å²) in [5.41, 5.74) is 6.54. The Balaban J connectivity index is 1.69. The van der Waals surface area contributed by atoms with Crippen molar-refractivity contribution in [2.75, 3.05) is 6.54 Å². The van der Waals surface area contributed by atoms with Crippen LogP contribution in [0.15, 0.2) is 4.99 Å². The van der Waals surface area contributed by atoms with Crippen molar-refractivity contribution in [2.45, 2.75) is 82.7 Å². The standard InChI is InChI=1S/C16H29N3/c1-2-5-13-8-10-16(11-9-13)12-18-15(17)19(16)14-6-3-4-7-14/h13-14H,2-12H2,1H3,(H2,17,18). The maximum absolute atomic E-state index is 6.23. The van der Waals surface area contributed by atoms with Gasteiger partial charge in [0.2, 0.25) is 0 Å². The fourth-order valence-corrected chi connectivity index (χ4v) is 4.67. The minimum atomic E-state index is 0.309. The molecule has 0 aromatic carbocycles. The number of rotatable bonds is 3. The molecule has 2 N–H and O–H groups in total. The maximum Gasteiger partial charge on any atom is 0.192 e. The molecule has 0 unspecified atom stereocenters. The van der Waals surface area contributed by atoms with Crippen LogP contribution in [-0.4, -0.2) is 29.0 Å². The summed E-state index contributed by atoms with van der Waals surface area (Å²) >= 11 is 0. The van der Waals surface area contributed by atoms with Gasteiger partial charge in [0.15, 0.2) is 5.96 Å². The van der Waals surface area contributed by atoms with Gasteiger partial charge in [-0.05, 0) is 44.4 Å². The van der Waals surface area contributed by atoms with E-state index < -0.39 is 0 Å². The molecule has 1 aliphatic heterocycles. The van der Waals surface area contributed by atoms with E-state index in [2.05, 4.69) is 16.8 Å². The van der Waals surface area contributed by atoms with Crippen molar-refractivity contribution in [3.05, 3.63) is 0 Å². The molecule has 3 heteroatoms. The van der Waals surface area contributed by atoms with Gasteiger partial charge < -0.3 is 10.6 Å². The van der Waals surface area contributed by atoms with Gasteiger partial charge in [0.1, 0.15) is 0 Å². The number of aliphatic imine (C=N–C) groups is 1. The highest BCUT2D eigenvalue weighted by Gasteiger charge is 2.47. The molecule has 3 aliphatic rings. The Kier molecular flexibility index (Phi) is 3.72. The van der Waals surface area contributed by atoms with E-state index >= 15 is 0 Å². The summed E-state index contributed by atoms with van der Waals surface area (Å²) in [5.74, 6) is 1.81. The second kappa shape index (κ2) is 5.34. The summed E-state index contributed by atoms with van der Waals surface area (Å²) in [5, 5.41) is 0. The van der Waals surface area contributed by atoms with E-state index in [1.165, 1.54) is 64.2 Å². The minimum absolute atomic E-state index is 0.309. The van der Waals surface area contributed by atoms with Crippen molar-refractivity contribution < 1.29 is 0 Å². The molecule has 0 aromatic rings. The summed E-state index contributed by atoms with van der Waals surface area (Å²) in [4.78, 5) is 7.19. The van der Waals surface area contributed by atoms with E-state index in [4.69, 9.17) is 5.73 Å². The molecule has 1 heterocycles. The molecule has 108 valence electrons. The van der Waals surface area contributed by atoms with Crippen LogP contribution in [0.1, 0.15) is 71.1 Å². The predicted octanol–water partition coefficient (Wildman–Crippen LogP) is 3.29. The van der Waals surface area contributed by atoms with Gasteiger partial charge in [0, 0.05) is 6.04 Å². The Morgan fingerprint density at radius 2 is 1.89 bits per heavy atom. The number of hydrogen-bond acceptors (Lipinski definition) is 3. The Hall–Kier alpha value is -0.730. The molecule has 0 amide bonds. The van der Waals surface area contributed by atoms with Crippen molar-refractivity contribution in [3.8, 4) is 0 Å². The van der Waals surface area contributed by atoms with Crippen LogP contribution in [0.4, 0.5) is 0 Å². The van der Waals surface area contributed by atoms with Gasteiger partial charge >= 0.3 is 0 Å². The molecule has 0 radical (unpaired) electrons. The third-order valence-electron chi connectivity index (χ3n) is 5.72. The number of guanidine groups is 1. The summed E-state index contributed by atoms with van der Waals surface area (Å²) in [7, 11) is 0. The molecular formula is C16H29N3. The van der Waals surface area contributed by atoms with Crippen LogP contribution in [-0.2, 0) is 0 Å². The average Bonchev–Trinajstić information content (AvgIpc) is 3.02. The molecule has 2 aliphatic carbocycles. The average molecular weight is 263 g/mol. The van der Waals surface area contributed by atoms with Crippen LogP contribution in [0.3, 0.4) is 0 Å². The summed E-state index contributed by atoms with van der Waals surface area (Å²) < 4.78 is 0. The van der Waals surface area contributed by atoms with Gasteiger partial charge in [0.05, 0.1) is 12.1 Å². The van der Waals surface area contributed by atoms with Crippen LogP contribution in [0.5, 0.6) is 0 Å². The fraction of sp³-hybridized carbons (Fsp3) is 0.938. The Labute approximate surface area is 117 Å². The first-order valence-corrected chi connectivity index (χ1v) is 8.34. The van der Waals surface area contributed by atoms with E-state index in [-0.39, 0.29) is 0 Å². The van der Waals surface area contributed by atoms with Crippen LogP contribution in [0, 0.1) is 5.92 Å². The third-order valence-corrected chi connectivity index (χ3v) is 5.72. The second-order valence-corrected chi connectivity index (χ2v) is 6.94. The molecule has 3 nitrogen and oxygen atoms in total. The molecular weight excluding hydrogens is 234 g/mol. The summed E-state index contributed by atoms with van der Waals surface area (Å²) in [6.45, 7) is 3.28. The second-order valence-electron chi connectivity index (χ2n) is 6.94. The molecule has 0 bridgehead atoms. The Bertz CT molecular complexity index is 336. The monoisotopic (exact) mass is 263 g/mol. The van der Waals surface area contributed by atoms with Crippen molar-refractivity contribution in [1.29, 1.82) is 0 Å². The zero-order valence-corrected chi connectivity index (χ0v) is 12.4. The highest BCUT2D eigenvalue weighted by molar-refractivity contribution is 5.81. The number of hydrogen-bond donors (Lipinski definition) is 1. The van der Waals surface area contributed by atoms with Gasteiger partial charge in [-0.25, -0.2) is 0 Å². The lowest BCUT2D eigenvalue weighted by molar-refractivity contribution is 0.0829. The molecule has 0 saturated heterocycles. The van der Waals surface area contributed by atoms with E-state index in [1.807, 2.05) is 0 Å². The zero-order chi connectivity index (χ0) is 13.3. The number of nitrogens with two attached hydrogens (primary N) is 1. The van der Waals surface area contributed by atoms with Gasteiger partial charge in [0.25, 0.3) is 0 Å². The van der Waals surface area contributed by atoms with Gasteiger partial charge in [-0.3, -0.25) is 4.99 Å². The Morgan fingerprint density at radius 3 is 2.53 bits per heavy atom. The van der Waals surface area contributed by atoms with Crippen LogP contribution < -0.4 is 5.73 Å². The van der Waals surface area contributed by atoms with E-state index in [1.54, 1.807) is 0 Å². The molecule has 1 spiro atoms. The first kappa shape index (κ1) is 13.3. The lowest BCUT2D eigenvalue weighted by Gasteiger charge is -2.47. The third kappa shape index (κ3) is 2.36. The van der Waals surface area contributed by atoms with Crippen LogP contribution in [0.2, 0.25) is 0 Å². The quantitative estimate of drug-likeness (QED) is 0.849. The Morgan fingerprint density at radius 1 is 1.21 bits per heavy atom. The minimum Gasteiger partial charge on any atom is -0.370 e. The van der Waals surface area contributed by atoms with E-state index in [9.17, 15) is 0 Å². The fourth-order valence-electron chi connectivity index (χ4n) is 4.67. The number of nitrogens with zero attached hydrogens (tertiary/aromatic N) is 2. The van der Waals surface area contributed by atoms with Gasteiger partial charge in [-0.2, -0.15) is 0 Å². The normalized spacial score (nSPS) is 36.2. The van der Waals surface area contributed by atoms with Crippen molar-refractivity contribution in [1.82, 2.24) is 4.90 Å². The molecule has 19 heavy (non-hydrogen) atoms. The first-order valence-electron chi connectivity index (χ1n) is 8.34. The highest BCUT2D eigenvalue weighted by atomic mass is 15.4. The SMILES string of the molecule is CCCC1CCC2(CC1)CN=C(N)N2C1CCCC1. The largest absolute Gasteiger partial charge is 0.370 e. The van der Waals surface area contributed by atoms with Gasteiger partial charge in [-0.1, -0.05) is 32.6 Å². The van der Waals surface area contributed by atoms with Crippen LogP contribution in [0.25, 0.3) is 0 Å². The first-order chi connectivity index (χ1) is 9.25. The lowest BCUT2D eigenvalue weighted by atomic mass is 9.74. The van der Waals surface area contributed by atoms with Crippen molar-refractivity contribution in [3.63, 3.8) is 0 Å². The van der Waals surface area contributed by atoms with Crippen molar-refractivity contribution >= 4 is 5.96 Å². The molecule has 2 fully saturated rings. The lowest BCUT2D eigenvalue weighted by Crippen LogP contribution is -2.57. The topological polar surface area (TPSA) is 41.6 Å². The van der Waals surface area contributed by atoms with Crippen LogP contribution >= 0.6 is 0 Å². The molecule has 2 saturated carbocycles. The predicted molar refractivity (Wildman–Crippen MR) is 80.2 cm³/mol. The summed E-state index contributed by atoms with van der Waals surface area (Å²) in [6, 6.07) is 0.689. The van der Waals surface area contributed by atoms with Gasteiger partial charge in [-0.15, -0.1) is 0 Å². The molecule has 0 atom stereocenters. The highest BCUT2D eigenvalue weighted by Crippen LogP contribution is 2.43. The molecule has 3 rings (SSSR count). The zero-order valence-electron chi connectivity index (χ0n) is 12.4. The molecule has 0 aromatic heterocycles. The smallest absolute Gasteiger partial charge is 0.192 e. The summed E-state index contributed by atoms with van der Waals surface area (Å²) in [6.07, 6.45) is 13.6. The van der Waals surface area contributed by atoms with Crippen molar-refractivity contribution in [2.24, 2.45) is 16.6 Å². The van der Waals surface area contributed by atoms with E-state index in [0.29, 0.717) is 11.6 Å². The van der Waals surface area contributed by atoms with E-state index in [0.717, 1.165) is 18.4 Å². The maximum atomic E-state index is 6.23.